The average Bonchev–Trinajstić information content (AvgIpc) is 2.72. The van der Waals surface area contributed by atoms with Crippen LogP contribution in [0.25, 0.3) is 16.2 Å². The SMILES string of the molecule is O=c1c(-c2ccccc2)nnc2sc(Cl)nn12. The van der Waals surface area contributed by atoms with Gasteiger partial charge in [0, 0.05) is 5.56 Å². The number of nitrogens with zero attached hydrogens (tertiary/aromatic N) is 4. The molecule has 0 saturated heterocycles. The van der Waals surface area contributed by atoms with Gasteiger partial charge >= 0.3 is 5.56 Å². The molecule has 1 aromatic carbocycles. The Hall–Kier alpha value is -1.79. The molecule has 0 amide bonds. The maximum atomic E-state index is 12.1. The summed E-state index contributed by atoms with van der Waals surface area (Å²) in [5, 5.41) is 11.7. The molecule has 0 aliphatic rings. The summed E-state index contributed by atoms with van der Waals surface area (Å²) in [4.78, 5) is 12.5. The second-order valence-corrected chi connectivity index (χ2v) is 4.81. The Morgan fingerprint density at radius 1 is 1.18 bits per heavy atom. The number of fused-ring (bicyclic) bond motifs is 1. The van der Waals surface area contributed by atoms with Crippen molar-refractivity contribution in [1.29, 1.82) is 0 Å². The maximum absolute atomic E-state index is 12.1. The van der Waals surface area contributed by atoms with Crippen LogP contribution in [-0.2, 0) is 0 Å². The molecule has 7 heteroatoms. The van der Waals surface area contributed by atoms with Gasteiger partial charge in [0.2, 0.25) is 9.43 Å². The Balaban J connectivity index is 2.32. The molecule has 3 aromatic rings. The topological polar surface area (TPSA) is 60.2 Å². The lowest BCUT2D eigenvalue weighted by Crippen LogP contribution is -2.18. The molecule has 0 aliphatic carbocycles. The summed E-state index contributed by atoms with van der Waals surface area (Å²) < 4.78 is 1.43. The fraction of sp³-hybridized carbons (Fsp3) is 0. The molecule has 17 heavy (non-hydrogen) atoms. The van der Waals surface area contributed by atoms with Crippen LogP contribution in [0.3, 0.4) is 0 Å². The number of hydrogen-bond acceptors (Lipinski definition) is 5. The van der Waals surface area contributed by atoms with E-state index in [2.05, 4.69) is 15.3 Å². The second-order valence-electron chi connectivity index (χ2n) is 3.27. The maximum Gasteiger partial charge on any atom is 0.302 e. The lowest BCUT2D eigenvalue weighted by Gasteiger charge is -1.97. The van der Waals surface area contributed by atoms with E-state index in [1.54, 1.807) is 12.1 Å². The van der Waals surface area contributed by atoms with E-state index < -0.39 is 0 Å². The van der Waals surface area contributed by atoms with Gasteiger partial charge in [0.25, 0.3) is 0 Å². The predicted molar refractivity (Wildman–Crippen MR) is 65.4 cm³/mol. The first-order valence-corrected chi connectivity index (χ1v) is 5.92. The van der Waals surface area contributed by atoms with Crippen molar-refractivity contribution >= 4 is 27.9 Å². The second kappa shape index (κ2) is 3.90. The van der Waals surface area contributed by atoms with Gasteiger partial charge in [-0.2, -0.15) is 4.52 Å². The molecule has 2 heterocycles. The quantitative estimate of drug-likeness (QED) is 0.673. The molecule has 5 nitrogen and oxygen atoms in total. The van der Waals surface area contributed by atoms with E-state index in [-0.39, 0.29) is 15.7 Å². The van der Waals surface area contributed by atoms with Crippen LogP contribution in [0.5, 0.6) is 0 Å². The fourth-order valence-corrected chi connectivity index (χ4v) is 2.32. The van der Waals surface area contributed by atoms with Crippen molar-refractivity contribution in [1.82, 2.24) is 19.8 Å². The monoisotopic (exact) mass is 264 g/mol. The molecule has 2 aromatic heterocycles. The molecule has 3 rings (SSSR count). The van der Waals surface area contributed by atoms with E-state index in [0.717, 1.165) is 11.3 Å². The van der Waals surface area contributed by atoms with E-state index in [1.165, 1.54) is 4.52 Å². The highest BCUT2D eigenvalue weighted by Crippen LogP contribution is 2.17. The first-order chi connectivity index (χ1) is 8.25. The molecule has 0 bridgehead atoms. The standard InChI is InChI=1S/C10H5ClN4OS/c11-9-14-15-8(16)7(12-13-10(15)17-9)6-4-2-1-3-5-6/h1-5H. The smallest absolute Gasteiger partial charge is 0.265 e. The molecule has 84 valence electrons. The Bertz CT molecular complexity index is 737. The van der Waals surface area contributed by atoms with E-state index >= 15 is 0 Å². The Labute approximate surface area is 104 Å². The molecule has 0 radical (unpaired) electrons. The summed E-state index contributed by atoms with van der Waals surface area (Å²) in [6.07, 6.45) is 0. The fourth-order valence-electron chi connectivity index (χ4n) is 1.47. The van der Waals surface area contributed by atoms with Crippen LogP contribution in [0.15, 0.2) is 35.1 Å². The number of hydrogen-bond donors (Lipinski definition) is 0. The molecule has 0 saturated carbocycles. The first kappa shape index (κ1) is 10.4. The number of rotatable bonds is 1. The van der Waals surface area contributed by atoms with Gasteiger partial charge < -0.3 is 0 Å². The molecule has 0 spiro atoms. The minimum absolute atomic E-state index is 0.265. The van der Waals surface area contributed by atoms with Gasteiger partial charge in [-0.25, -0.2) is 0 Å². The summed E-state index contributed by atoms with van der Waals surface area (Å²) in [6, 6.07) is 9.13. The molecule has 0 aliphatic heterocycles. The molecule has 0 fully saturated rings. The van der Waals surface area contributed by atoms with Gasteiger partial charge in [0.05, 0.1) is 0 Å². The van der Waals surface area contributed by atoms with Crippen molar-refractivity contribution < 1.29 is 0 Å². The van der Waals surface area contributed by atoms with Gasteiger partial charge in [-0.05, 0) is 11.6 Å². The van der Waals surface area contributed by atoms with Crippen molar-refractivity contribution in [2.75, 3.05) is 0 Å². The third kappa shape index (κ3) is 1.71. The van der Waals surface area contributed by atoms with Crippen molar-refractivity contribution in [2.24, 2.45) is 0 Å². The van der Waals surface area contributed by atoms with Crippen LogP contribution >= 0.6 is 22.9 Å². The summed E-state index contributed by atoms with van der Waals surface area (Å²) >= 11 is 6.85. The number of benzene rings is 1. The van der Waals surface area contributed by atoms with E-state index in [9.17, 15) is 4.79 Å². The van der Waals surface area contributed by atoms with E-state index in [4.69, 9.17) is 11.6 Å². The van der Waals surface area contributed by atoms with Crippen molar-refractivity contribution in [3.8, 4) is 11.3 Å². The third-order valence-electron chi connectivity index (χ3n) is 2.21. The van der Waals surface area contributed by atoms with E-state index in [1.807, 2.05) is 18.2 Å². The van der Waals surface area contributed by atoms with Crippen LogP contribution in [-0.4, -0.2) is 19.8 Å². The van der Waals surface area contributed by atoms with Crippen LogP contribution < -0.4 is 5.56 Å². The highest BCUT2D eigenvalue weighted by atomic mass is 35.5. The minimum atomic E-state index is -0.315. The van der Waals surface area contributed by atoms with Crippen molar-refractivity contribution in [3.05, 3.63) is 45.2 Å². The first-order valence-electron chi connectivity index (χ1n) is 4.73. The molecule has 0 unspecified atom stereocenters. The molecule has 0 N–H and O–H groups in total. The van der Waals surface area contributed by atoms with Crippen LogP contribution in [0, 0.1) is 0 Å². The highest BCUT2D eigenvalue weighted by molar-refractivity contribution is 7.20. The van der Waals surface area contributed by atoms with E-state index in [0.29, 0.717) is 10.5 Å². The van der Waals surface area contributed by atoms with Crippen LogP contribution in [0.1, 0.15) is 0 Å². The molecule has 0 atom stereocenters. The van der Waals surface area contributed by atoms with Gasteiger partial charge in [-0.3, -0.25) is 4.79 Å². The van der Waals surface area contributed by atoms with Gasteiger partial charge in [0.15, 0.2) is 5.69 Å². The Kier molecular flexibility index (Phi) is 2.38. The lowest BCUT2D eigenvalue weighted by atomic mass is 10.2. The lowest BCUT2D eigenvalue weighted by molar-refractivity contribution is 0.859. The highest BCUT2D eigenvalue weighted by Gasteiger charge is 2.11. The average molecular weight is 265 g/mol. The zero-order chi connectivity index (χ0) is 11.8. The Morgan fingerprint density at radius 3 is 2.71 bits per heavy atom. The summed E-state index contributed by atoms with van der Waals surface area (Å²) in [7, 11) is 0. The summed E-state index contributed by atoms with van der Waals surface area (Å²) in [5.74, 6) is 0. The van der Waals surface area contributed by atoms with Gasteiger partial charge in [0.1, 0.15) is 0 Å². The summed E-state index contributed by atoms with van der Waals surface area (Å²) in [5.41, 5.74) is 0.665. The number of halogens is 1. The zero-order valence-electron chi connectivity index (χ0n) is 8.37. The van der Waals surface area contributed by atoms with Gasteiger partial charge in [-0.15, -0.1) is 15.3 Å². The third-order valence-corrected chi connectivity index (χ3v) is 3.21. The predicted octanol–water partition coefficient (Wildman–Crippen LogP) is 1.87. The minimum Gasteiger partial charge on any atom is -0.265 e. The van der Waals surface area contributed by atoms with Crippen LogP contribution in [0.2, 0.25) is 4.47 Å². The van der Waals surface area contributed by atoms with Crippen molar-refractivity contribution in [3.63, 3.8) is 0 Å². The Morgan fingerprint density at radius 2 is 1.94 bits per heavy atom. The normalized spacial score (nSPS) is 10.9. The van der Waals surface area contributed by atoms with Crippen molar-refractivity contribution in [2.45, 2.75) is 0 Å². The van der Waals surface area contributed by atoms with Crippen LogP contribution in [0.4, 0.5) is 0 Å². The number of aromatic nitrogens is 4. The zero-order valence-corrected chi connectivity index (χ0v) is 9.94. The largest absolute Gasteiger partial charge is 0.302 e. The van der Waals surface area contributed by atoms with Gasteiger partial charge in [-0.1, -0.05) is 41.7 Å². The molecular formula is C10H5ClN4OS. The summed E-state index contributed by atoms with van der Waals surface area (Å²) in [6.45, 7) is 0. The molecular weight excluding hydrogens is 260 g/mol.